The van der Waals surface area contributed by atoms with E-state index in [4.69, 9.17) is 0 Å². The third kappa shape index (κ3) is 9.31. The van der Waals surface area contributed by atoms with Gasteiger partial charge in [-0.25, -0.2) is 8.42 Å². The lowest BCUT2D eigenvalue weighted by Gasteiger charge is -2.28. The molecule has 0 aliphatic heterocycles. The quantitative estimate of drug-likeness (QED) is 0.154. The summed E-state index contributed by atoms with van der Waals surface area (Å²) in [5, 5.41) is 24.7. The number of rotatable bonds is 3. The van der Waals surface area contributed by atoms with E-state index in [1.54, 1.807) is 24.3 Å². The lowest BCUT2D eigenvalue weighted by Crippen LogP contribution is -2.19. The Morgan fingerprint density at radius 2 is 0.759 bits per heavy atom. The Hall–Kier alpha value is -3.82. The Labute approximate surface area is 361 Å². The Morgan fingerprint density at radius 1 is 0.483 bits per heavy atom. The molecule has 0 radical (unpaired) electrons. The molecule has 5 aromatic carbocycles. The molecule has 0 unspecified atom stereocenters. The lowest BCUT2D eigenvalue weighted by atomic mass is 9.79. The summed E-state index contributed by atoms with van der Waals surface area (Å²) in [5.74, 6) is 0.456. The lowest BCUT2D eigenvalue weighted by molar-refractivity contribution is 0.461. The first kappa shape index (κ1) is 43.8. The van der Waals surface area contributed by atoms with E-state index < -0.39 is 10.0 Å². The van der Waals surface area contributed by atoms with Crippen molar-refractivity contribution in [3.05, 3.63) is 149 Å². The minimum Gasteiger partial charge on any atom is -0.507 e. The van der Waals surface area contributed by atoms with Gasteiger partial charge in [-0.2, -0.15) is 0 Å². The van der Waals surface area contributed by atoms with Gasteiger partial charge in [-0.1, -0.05) is 149 Å². The van der Waals surface area contributed by atoms with E-state index in [9.17, 15) is 18.6 Å². The van der Waals surface area contributed by atoms with Gasteiger partial charge < -0.3 is 10.2 Å². The summed E-state index contributed by atoms with van der Waals surface area (Å²) in [7, 11) is -4.04. The summed E-state index contributed by atoms with van der Waals surface area (Å²) < 4.78 is 32.9. The standard InChI is InChI=1S/C51H62INO4S/c1-30-14-16-43(17-15-30)58(56,57)53-45-33-20-37-28-41(50(8,9)10)26-35(46(37)54)18-31-22-39(48(2,3)4)23-32(44(31)52)19-36-27-42(51(11,12)13)29-38(47(36)55)21-34(45)25-40(24-33)49(5,6)7/h14-17,22-29,53-55H,18-21H2,1-13H3. The fourth-order valence-electron chi connectivity index (χ4n) is 7.71. The first-order valence-corrected chi connectivity index (χ1v) is 23.0. The molecule has 58 heavy (non-hydrogen) atoms. The molecule has 5 nitrogen and oxygen atoms in total. The molecule has 0 saturated carbocycles. The Kier molecular flexibility index (Phi) is 11.6. The van der Waals surface area contributed by atoms with E-state index in [0.717, 1.165) is 70.3 Å². The van der Waals surface area contributed by atoms with Crippen LogP contribution in [-0.4, -0.2) is 18.6 Å². The van der Waals surface area contributed by atoms with E-state index in [1.807, 2.05) is 6.92 Å². The molecule has 0 aromatic heterocycles. The van der Waals surface area contributed by atoms with E-state index in [1.165, 1.54) is 5.56 Å². The third-order valence-corrected chi connectivity index (χ3v) is 14.4. The normalized spacial score (nSPS) is 14.0. The van der Waals surface area contributed by atoms with Crippen LogP contribution in [0, 0.1) is 10.5 Å². The summed E-state index contributed by atoms with van der Waals surface area (Å²) in [6, 6.07) is 24.1. The number of aryl methyl sites for hydroxylation is 1. The van der Waals surface area contributed by atoms with E-state index in [0.29, 0.717) is 18.5 Å². The molecule has 5 aromatic rings. The van der Waals surface area contributed by atoms with Crippen molar-refractivity contribution >= 4 is 38.3 Å². The molecule has 1 aliphatic rings. The summed E-state index contributed by atoms with van der Waals surface area (Å²) in [6.07, 6.45) is 1.60. The largest absolute Gasteiger partial charge is 0.507 e. The molecule has 8 bridgehead atoms. The highest BCUT2D eigenvalue weighted by Crippen LogP contribution is 2.42. The highest BCUT2D eigenvalue weighted by molar-refractivity contribution is 14.1. The van der Waals surface area contributed by atoms with Crippen molar-refractivity contribution in [3.8, 4) is 11.5 Å². The second-order valence-corrected chi connectivity index (χ2v) is 23.5. The van der Waals surface area contributed by atoms with Crippen molar-refractivity contribution in [3.63, 3.8) is 0 Å². The maximum absolute atomic E-state index is 14.4. The number of sulfonamides is 1. The summed E-state index contributed by atoms with van der Waals surface area (Å²) in [6.45, 7) is 28.2. The van der Waals surface area contributed by atoms with Crippen molar-refractivity contribution in [1.82, 2.24) is 0 Å². The SMILES string of the molecule is Cc1ccc(S(=O)(=O)Nc2c3cc(C(C)(C)C)cc2Cc2cc(C(C)(C)C)cc(c2O)Cc2cc(C(C)(C)C)cc(c2I)Cc2cc(C(C)(C)C)cc(c2O)C3)cc1. The van der Waals surface area contributed by atoms with Crippen LogP contribution in [-0.2, 0) is 57.4 Å². The van der Waals surface area contributed by atoms with E-state index in [2.05, 4.69) is 159 Å². The average Bonchev–Trinajstić information content (AvgIpc) is 3.08. The van der Waals surface area contributed by atoms with Crippen molar-refractivity contribution < 1.29 is 18.6 Å². The van der Waals surface area contributed by atoms with Gasteiger partial charge in [0.2, 0.25) is 0 Å². The molecule has 3 N–H and O–H groups in total. The first-order valence-electron chi connectivity index (χ1n) is 20.4. The number of phenols is 2. The zero-order chi connectivity index (χ0) is 42.9. The van der Waals surface area contributed by atoms with Gasteiger partial charge in [0.15, 0.2) is 0 Å². The smallest absolute Gasteiger partial charge is 0.261 e. The molecule has 6 rings (SSSR count). The van der Waals surface area contributed by atoms with E-state index >= 15 is 0 Å². The predicted octanol–water partition coefficient (Wildman–Crippen LogP) is 12.7. The minimum atomic E-state index is -4.04. The number of halogens is 1. The van der Waals surface area contributed by atoms with Gasteiger partial charge >= 0.3 is 0 Å². The van der Waals surface area contributed by atoms with Crippen LogP contribution >= 0.6 is 22.6 Å². The summed E-state index contributed by atoms with van der Waals surface area (Å²) in [5.41, 5.74) is 11.9. The van der Waals surface area contributed by atoms with Gasteiger partial charge in [0, 0.05) is 29.3 Å². The first-order chi connectivity index (χ1) is 26.6. The molecular formula is C51H62INO4S. The topological polar surface area (TPSA) is 86.6 Å². The second-order valence-electron chi connectivity index (χ2n) is 20.7. The van der Waals surface area contributed by atoms with Crippen LogP contribution in [0.2, 0.25) is 0 Å². The van der Waals surface area contributed by atoms with Crippen LogP contribution in [0.1, 0.15) is 155 Å². The Morgan fingerprint density at radius 3 is 1.07 bits per heavy atom. The number of phenolic OH excluding ortho intramolecular Hbond substituents is 2. The van der Waals surface area contributed by atoms with Crippen molar-refractivity contribution in [2.75, 3.05) is 4.72 Å². The molecule has 0 heterocycles. The van der Waals surface area contributed by atoms with Crippen molar-refractivity contribution in [1.29, 1.82) is 0 Å². The average molecular weight is 912 g/mol. The van der Waals surface area contributed by atoms with Crippen LogP contribution in [0.3, 0.4) is 0 Å². The number of fused-ring (bicyclic) bond motifs is 8. The van der Waals surface area contributed by atoms with Crippen LogP contribution in [0.4, 0.5) is 5.69 Å². The maximum Gasteiger partial charge on any atom is 0.261 e. The molecular weight excluding hydrogens is 850 g/mol. The van der Waals surface area contributed by atoms with Crippen LogP contribution in [0.25, 0.3) is 0 Å². The molecule has 0 amide bonds. The molecule has 0 spiro atoms. The van der Waals surface area contributed by atoms with Crippen LogP contribution in [0.5, 0.6) is 11.5 Å². The highest BCUT2D eigenvalue weighted by atomic mass is 127. The zero-order valence-corrected chi connectivity index (χ0v) is 39.7. The molecule has 0 saturated heterocycles. The van der Waals surface area contributed by atoms with Gasteiger partial charge in [0.25, 0.3) is 10.0 Å². The fourth-order valence-corrected chi connectivity index (χ4v) is 9.54. The number of benzene rings is 5. The fraction of sp³-hybridized carbons (Fsp3) is 0.412. The van der Waals surface area contributed by atoms with Crippen molar-refractivity contribution in [2.24, 2.45) is 0 Å². The Balaban J connectivity index is 1.74. The molecule has 1 aliphatic carbocycles. The van der Waals surface area contributed by atoms with Gasteiger partial charge in [-0.05, 0) is 130 Å². The number of hydrogen-bond donors (Lipinski definition) is 3. The summed E-state index contributed by atoms with van der Waals surface area (Å²) >= 11 is 2.47. The maximum atomic E-state index is 14.4. The number of aromatic hydroxyl groups is 2. The van der Waals surface area contributed by atoms with Crippen molar-refractivity contribution in [2.45, 2.75) is 142 Å². The summed E-state index contributed by atoms with van der Waals surface area (Å²) in [4.78, 5) is 0.169. The molecule has 0 fully saturated rings. The highest BCUT2D eigenvalue weighted by Gasteiger charge is 2.29. The number of nitrogens with one attached hydrogen (secondary N) is 1. The second kappa shape index (κ2) is 15.3. The van der Waals surface area contributed by atoms with E-state index in [-0.39, 0.29) is 50.9 Å². The molecule has 7 heteroatoms. The number of hydrogen-bond acceptors (Lipinski definition) is 4. The monoisotopic (exact) mass is 911 g/mol. The molecule has 0 atom stereocenters. The Bertz CT molecular complexity index is 2390. The van der Waals surface area contributed by atoms with Gasteiger partial charge in [0.05, 0.1) is 10.6 Å². The van der Waals surface area contributed by atoms with Crippen LogP contribution < -0.4 is 4.72 Å². The van der Waals surface area contributed by atoms with Gasteiger partial charge in [-0.3, -0.25) is 4.72 Å². The zero-order valence-electron chi connectivity index (χ0n) is 36.8. The number of anilines is 1. The van der Waals surface area contributed by atoms with Gasteiger partial charge in [-0.15, -0.1) is 0 Å². The van der Waals surface area contributed by atoms with Crippen LogP contribution in [0.15, 0.2) is 77.7 Å². The third-order valence-electron chi connectivity index (χ3n) is 11.6. The molecule has 308 valence electrons. The van der Waals surface area contributed by atoms with Gasteiger partial charge in [0.1, 0.15) is 11.5 Å². The minimum absolute atomic E-state index is 0.134. The predicted molar refractivity (Wildman–Crippen MR) is 250 cm³/mol.